The van der Waals surface area contributed by atoms with E-state index in [1.54, 1.807) is 50.2 Å². The molecule has 0 aliphatic heterocycles. The van der Waals surface area contributed by atoms with Crippen LogP contribution < -0.4 is 9.62 Å². The molecule has 0 saturated heterocycles. The summed E-state index contributed by atoms with van der Waals surface area (Å²) in [7, 11) is -4.18. The van der Waals surface area contributed by atoms with Gasteiger partial charge in [0.1, 0.15) is 18.4 Å². The molecule has 0 spiro atoms. The van der Waals surface area contributed by atoms with Crippen molar-refractivity contribution in [1.29, 1.82) is 0 Å². The summed E-state index contributed by atoms with van der Waals surface area (Å²) >= 11 is 6.13. The van der Waals surface area contributed by atoms with Crippen LogP contribution >= 0.6 is 11.6 Å². The van der Waals surface area contributed by atoms with Crippen molar-refractivity contribution in [1.82, 2.24) is 10.2 Å². The fourth-order valence-corrected chi connectivity index (χ4v) is 5.94. The smallest absolute Gasteiger partial charge is 0.264 e. The van der Waals surface area contributed by atoms with Gasteiger partial charge in [0.05, 0.1) is 10.6 Å². The molecule has 0 radical (unpaired) electrons. The second-order valence-electron chi connectivity index (χ2n) is 9.49. The van der Waals surface area contributed by atoms with E-state index in [-0.39, 0.29) is 35.5 Å². The van der Waals surface area contributed by atoms with Crippen LogP contribution in [0, 0.1) is 12.7 Å². The molecule has 1 N–H and O–H groups in total. The summed E-state index contributed by atoms with van der Waals surface area (Å²) in [6.07, 6.45) is 0.289. The minimum Gasteiger partial charge on any atom is -0.352 e. The van der Waals surface area contributed by atoms with Crippen molar-refractivity contribution in [2.75, 3.05) is 10.8 Å². The van der Waals surface area contributed by atoms with E-state index < -0.39 is 34.3 Å². The van der Waals surface area contributed by atoms with Crippen LogP contribution in [-0.4, -0.2) is 43.8 Å². The fraction of sp³-hybridized carbons (Fsp3) is 0.310. The maximum absolute atomic E-state index is 14.0. The van der Waals surface area contributed by atoms with Crippen LogP contribution in [0.25, 0.3) is 0 Å². The third-order valence-electron chi connectivity index (χ3n) is 6.12. The van der Waals surface area contributed by atoms with Gasteiger partial charge in [-0.15, -0.1) is 0 Å². The second kappa shape index (κ2) is 13.1. The summed E-state index contributed by atoms with van der Waals surface area (Å²) < 4.78 is 42.3. The summed E-state index contributed by atoms with van der Waals surface area (Å²) in [5.41, 5.74) is 1.45. The van der Waals surface area contributed by atoms with E-state index in [1.165, 1.54) is 41.3 Å². The number of halogens is 2. The lowest BCUT2D eigenvalue weighted by molar-refractivity contribution is -0.140. The molecule has 0 fully saturated rings. The third kappa shape index (κ3) is 7.58. The molecule has 3 aromatic rings. The van der Waals surface area contributed by atoms with Gasteiger partial charge in [-0.1, -0.05) is 48.9 Å². The van der Waals surface area contributed by atoms with Gasteiger partial charge < -0.3 is 10.2 Å². The number of carbonyl (C=O) groups excluding carboxylic acids is 2. The van der Waals surface area contributed by atoms with Gasteiger partial charge in [0.25, 0.3) is 10.0 Å². The third-order valence-corrected chi connectivity index (χ3v) is 8.13. The lowest BCUT2D eigenvalue weighted by atomic mass is 10.1. The van der Waals surface area contributed by atoms with Crippen LogP contribution in [0.4, 0.5) is 10.1 Å². The average molecular weight is 574 g/mol. The van der Waals surface area contributed by atoms with Crippen molar-refractivity contribution in [3.63, 3.8) is 0 Å². The summed E-state index contributed by atoms with van der Waals surface area (Å²) in [6, 6.07) is 17.1. The summed E-state index contributed by atoms with van der Waals surface area (Å²) in [5.74, 6) is -1.37. The molecule has 2 amide bonds. The quantitative estimate of drug-likeness (QED) is 0.337. The number of anilines is 1. The highest BCUT2D eigenvalue weighted by Gasteiger charge is 2.34. The Morgan fingerprint density at radius 3 is 2.21 bits per heavy atom. The fourth-order valence-electron chi connectivity index (χ4n) is 4.22. The highest BCUT2D eigenvalue weighted by Crippen LogP contribution is 2.29. The number of amides is 2. The number of benzene rings is 3. The van der Waals surface area contributed by atoms with E-state index in [0.717, 1.165) is 4.31 Å². The average Bonchev–Trinajstić information content (AvgIpc) is 2.88. The molecule has 0 bridgehead atoms. The Labute approximate surface area is 234 Å². The van der Waals surface area contributed by atoms with Gasteiger partial charge in [-0.2, -0.15) is 0 Å². The Bertz CT molecular complexity index is 1400. The zero-order valence-electron chi connectivity index (χ0n) is 22.4. The molecule has 0 aliphatic rings. The van der Waals surface area contributed by atoms with Crippen LogP contribution in [0.5, 0.6) is 0 Å². The highest BCUT2D eigenvalue weighted by atomic mass is 35.5. The Kier molecular flexibility index (Phi) is 10.1. The number of hydrogen-bond donors (Lipinski definition) is 1. The van der Waals surface area contributed by atoms with Gasteiger partial charge in [0.15, 0.2) is 0 Å². The van der Waals surface area contributed by atoms with E-state index in [4.69, 9.17) is 11.6 Å². The van der Waals surface area contributed by atoms with Gasteiger partial charge in [0, 0.05) is 17.6 Å². The molecule has 1 atom stereocenters. The molecular weight excluding hydrogens is 541 g/mol. The van der Waals surface area contributed by atoms with Gasteiger partial charge >= 0.3 is 0 Å². The Hall–Kier alpha value is -3.43. The number of nitrogens with one attached hydrogen (secondary N) is 1. The number of carbonyl (C=O) groups is 2. The van der Waals surface area contributed by atoms with Crippen LogP contribution in [0.15, 0.2) is 77.7 Å². The van der Waals surface area contributed by atoms with Crippen LogP contribution in [-0.2, 0) is 26.2 Å². The monoisotopic (exact) mass is 573 g/mol. The first kappa shape index (κ1) is 30.1. The Balaban J connectivity index is 2.08. The van der Waals surface area contributed by atoms with Crippen molar-refractivity contribution in [2.24, 2.45) is 0 Å². The van der Waals surface area contributed by atoms with E-state index >= 15 is 0 Å². The minimum absolute atomic E-state index is 0.0119. The van der Waals surface area contributed by atoms with Gasteiger partial charge in [0.2, 0.25) is 11.8 Å². The number of aryl methyl sites for hydroxylation is 1. The van der Waals surface area contributed by atoms with Gasteiger partial charge in [-0.25, -0.2) is 12.8 Å². The van der Waals surface area contributed by atoms with Crippen LogP contribution in [0.2, 0.25) is 5.02 Å². The molecule has 0 unspecified atom stereocenters. The van der Waals surface area contributed by atoms with Crippen LogP contribution in [0.1, 0.15) is 38.3 Å². The zero-order valence-corrected chi connectivity index (χ0v) is 24.0. The first-order valence-corrected chi connectivity index (χ1v) is 14.4. The number of rotatable bonds is 11. The molecule has 0 saturated carbocycles. The first-order chi connectivity index (χ1) is 18.4. The van der Waals surface area contributed by atoms with E-state index in [1.807, 2.05) is 13.8 Å². The predicted octanol–water partition coefficient (Wildman–Crippen LogP) is 5.31. The molecule has 7 nitrogen and oxygen atoms in total. The zero-order chi connectivity index (χ0) is 28.7. The normalized spacial score (nSPS) is 12.2. The van der Waals surface area contributed by atoms with E-state index in [9.17, 15) is 22.4 Å². The van der Waals surface area contributed by atoms with Crippen molar-refractivity contribution < 1.29 is 22.4 Å². The molecule has 0 aliphatic carbocycles. The largest absolute Gasteiger partial charge is 0.352 e. The number of hydrogen-bond acceptors (Lipinski definition) is 4. The molecule has 3 rings (SSSR count). The summed E-state index contributed by atoms with van der Waals surface area (Å²) in [6.45, 7) is 6.54. The Morgan fingerprint density at radius 2 is 1.64 bits per heavy atom. The lowest BCUT2D eigenvalue weighted by Crippen LogP contribution is -2.53. The van der Waals surface area contributed by atoms with Crippen molar-refractivity contribution in [3.8, 4) is 0 Å². The van der Waals surface area contributed by atoms with Crippen molar-refractivity contribution in [3.05, 3.63) is 94.8 Å². The Morgan fingerprint density at radius 1 is 1.00 bits per heavy atom. The van der Waals surface area contributed by atoms with Gasteiger partial charge in [-0.3, -0.25) is 13.9 Å². The molecule has 0 heterocycles. The minimum atomic E-state index is -4.18. The molecule has 0 aromatic heterocycles. The van der Waals surface area contributed by atoms with Crippen LogP contribution in [0.3, 0.4) is 0 Å². The molecule has 39 heavy (non-hydrogen) atoms. The SMILES string of the molecule is CC[C@H](C(=O)NC(C)C)N(Cc1ccc(F)cc1)C(=O)CN(c1ccc(Cl)cc1C)S(=O)(=O)c1ccccc1. The molecular formula is C29H33ClFN3O4S. The van der Waals surface area contributed by atoms with E-state index in [0.29, 0.717) is 16.1 Å². The van der Waals surface area contributed by atoms with E-state index in [2.05, 4.69) is 5.32 Å². The molecule has 208 valence electrons. The molecule has 10 heteroatoms. The number of nitrogens with zero attached hydrogens (tertiary/aromatic N) is 2. The predicted molar refractivity (Wildman–Crippen MR) is 151 cm³/mol. The summed E-state index contributed by atoms with van der Waals surface area (Å²) in [4.78, 5) is 28.5. The standard InChI is InChI=1S/C29H33ClFN3O4S/c1-5-26(29(36)32-20(2)3)33(18-22-11-14-24(31)15-12-22)28(35)19-34(27-16-13-23(30)17-21(27)4)39(37,38)25-9-7-6-8-10-25/h6-17,20,26H,5,18-19H2,1-4H3,(H,32,36)/t26-/m1/s1. The second-order valence-corrected chi connectivity index (χ2v) is 11.8. The number of sulfonamides is 1. The summed E-state index contributed by atoms with van der Waals surface area (Å²) in [5, 5.41) is 3.27. The van der Waals surface area contributed by atoms with Crippen molar-refractivity contribution >= 4 is 39.1 Å². The topological polar surface area (TPSA) is 86.8 Å². The maximum Gasteiger partial charge on any atom is 0.264 e. The maximum atomic E-state index is 14.0. The lowest BCUT2D eigenvalue weighted by Gasteiger charge is -2.34. The molecule has 3 aromatic carbocycles. The van der Waals surface area contributed by atoms with Crippen molar-refractivity contribution in [2.45, 2.75) is 57.6 Å². The van der Waals surface area contributed by atoms with Gasteiger partial charge in [-0.05, 0) is 80.8 Å². The highest BCUT2D eigenvalue weighted by molar-refractivity contribution is 7.92. The first-order valence-electron chi connectivity index (χ1n) is 12.6.